The Bertz CT molecular complexity index is 483. The van der Waals surface area contributed by atoms with Crippen molar-refractivity contribution >= 4 is 43.5 Å². The van der Waals surface area contributed by atoms with E-state index in [0.717, 1.165) is 15.1 Å². The third-order valence-corrected chi connectivity index (χ3v) is 4.62. The van der Waals surface area contributed by atoms with E-state index in [1.807, 2.05) is 30.3 Å². The third-order valence-electron chi connectivity index (χ3n) is 2.33. The quantitative estimate of drug-likeness (QED) is 0.613. The van der Waals surface area contributed by atoms with Crippen molar-refractivity contribution in [3.8, 4) is 0 Å². The van der Waals surface area contributed by atoms with Gasteiger partial charge in [-0.25, -0.2) is 0 Å². The molecule has 0 aliphatic heterocycles. The smallest absolute Gasteiger partial charge is 0.0645 e. The summed E-state index contributed by atoms with van der Waals surface area (Å²) in [5.74, 6) is 0. The molecule has 0 amide bonds. The summed E-state index contributed by atoms with van der Waals surface area (Å²) in [6, 6.07) is 16.3. The molecule has 0 bridgehead atoms. The Balaban J connectivity index is 2.34. The highest BCUT2D eigenvalue weighted by atomic mass is 79.9. The van der Waals surface area contributed by atoms with E-state index in [1.54, 1.807) is 0 Å². The third kappa shape index (κ3) is 2.68. The summed E-state index contributed by atoms with van der Waals surface area (Å²) in [6.07, 6.45) is 0. The van der Waals surface area contributed by atoms with Gasteiger partial charge in [0.25, 0.3) is 0 Å². The number of hydrogen-bond donors (Lipinski definition) is 0. The van der Waals surface area contributed by atoms with E-state index in [0.29, 0.717) is 0 Å². The largest absolute Gasteiger partial charge is 0.0831 e. The van der Waals surface area contributed by atoms with Crippen molar-refractivity contribution in [2.24, 2.45) is 0 Å². The zero-order valence-electron chi connectivity index (χ0n) is 8.33. The van der Waals surface area contributed by atoms with Crippen LogP contribution in [0.4, 0.5) is 0 Å². The zero-order chi connectivity index (χ0) is 11.5. The monoisotopic (exact) mass is 358 g/mol. The number of hydrogen-bond acceptors (Lipinski definition) is 0. The molecule has 3 heteroatoms. The summed E-state index contributed by atoms with van der Waals surface area (Å²) in [5, 5.41) is 0.734. The maximum atomic E-state index is 6.08. The fourth-order valence-corrected chi connectivity index (χ4v) is 2.51. The van der Waals surface area contributed by atoms with Gasteiger partial charge in [-0.3, -0.25) is 0 Å². The van der Waals surface area contributed by atoms with Crippen molar-refractivity contribution in [1.29, 1.82) is 0 Å². The standard InChI is InChI=1S/C13H9Br2Cl/c14-11-7-6-10(8-12(11)16)13(15)9-4-2-1-3-5-9/h1-8,13H. The van der Waals surface area contributed by atoms with Crippen molar-refractivity contribution in [3.63, 3.8) is 0 Å². The molecule has 82 valence electrons. The SMILES string of the molecule is Clc1cc(C(Br)c2ccccc2)ccc1Br. The lowest BCUT2D eigenvalue weighted by molar-refractivity contribution is 1.18. The molecule has 2 aromatic rings. The highest BCUT2D eigenvalue weighted by molar-refractivity contribution is 9.10. The van der Waals surface area contributed by atoms with E-state index in [-0.39, 0.29) is 4.83 Å². The van der Waals surface area contributed by atoms with E-state index in [2.05, 4.69) is 50.1 Å². The van der Waals surface area contributed by atoms with Gasteiger partial charge in [0.15, 0.2) is 0 Å². The lowest BCUT2D eigenvalue weighted by Gasteiger charge is -2.11. The average Bonchev–Trinajstić information content (AvgIpc) is 2.33. The molecule has 0 spiro atoms. The molecule has 2 aromatic carbocycles. The van der Waals surface area contributed by atoms with Crippen molar-refractivity contribution in [1.82, 2.24) is 0 Å². The molecule has 0 nitrogen and oxygen atoms in total. The van der Waals surface area contributed by atoms with Crippen LogP contribution in [0.3, 0.4) is 0 Å². The summed E-state index contributed by atoms with van der Waals surface area (Å²) in [5.41, 5.74) is 2.38. The Morgan fingerprint density at radius 3 is 2.25 bits per heavy atom. The molecule has 1 unspecified atom stereocenters. The first-order valence-corrected chi connectivity index (χ1v) is 6.91. The first-order chi connectivity index (χ1) is 7.68. The minimum absolute atomic E-state index is 0.180. The second kappa shape index (κ2) is 5.35. The van der Waals surface area contributed by atoms with Crippen molar-refractivity contribution < 1.29 is 0 Å². The highest BCUT2D eigenvalue weighted by Crippen LogP contribution is 2.34. The Hall–Kier alpha value is -0.310. The Morgan fingerprint density at radius 2 is 1.62 bits per heavy atom. The topological polar surface area (TPSA) is 0 Å². The summed E-state index contributed by atoms with van der Waals surface area (Å²) in [6.45, 7) is 0. The van der Waals surface area contributed by atoms with E-state index in [1.165, 1.54) is 5.56 Å². The van der Waals surface area contributed by atoms with Crippen molar-refractivity contribution in [2.75, 3.05) is 0 Å². The van der Waals surface area contributed by atoms with Crippen LogP contribution in [-0.4, -0.2) is 0 Å². The Kier molecular flexibility index (Phi) is 4.06. The predicted molar refractivity (Wildman–Crippen MR) is 76.4 cm³/mol. The van der Waals surface area contributed by atoms with Crippen molar-refractivity contribution in [3.05, 3.63) is 69.2 Å². The average molecular weight is 360 g/mol. The number of benzene rings is 2. The summed E-state index contributed by atoms with van der Waals surface area (Å²) in [4.78, 5) is 0.180. The molecule has 0 radical (unpaired) electrons. The van der Waals surface area contributed by atoms with Gasteiger partial charge in [-0.15, -0.1) is 0 Å². The van der Waals surface area contributed by atoms with E-state index >= 15 is 0 Å². The molecule has 0 saturated carbocycles. The Morgan fingerprint density at radius 1 is 0.938 bits per heavy atom. The lowest BCUT2D eigenvalue weighted by atomic mass is 10.1. The number of rotatable bonds is 2. The fourth-order valence-electron chi connectivity index (χ4n) is 1.48. The van der Waals surface area contributed by atoms with Gasteiger partial charge in [-0.2, -0.15) is 0 Å². The van der Waals surface area contributed by atoms with Gasteiger partial charge in [0, 0.05) is 4.47 Å². The van der Waals surface area contributed by atoms with Crippen LogP contribution in [-0.2, 0) is 0 Å². The summed E-state index contributed by atoms with van der Waals surface area (Å²) >= 11 is 13.1. The number of halogens is 3. The second-order valence-corrected chi connectivity index (χ2v) is 5.62. The van der Waals surface area contributed by atoms with Crippen LogP contribution < -0.4 is 0 Å². The van der Waals surface area contributed by atoms with Gasteiger partial charge in [-0.05, 0) is 39.2 Å². The van der Waals surface area contributed by atoms with Gasteiger partial charge < -0.3 is 0 Å². The molecule has 0 aliphatic rings. The number of alkyl halides is 1. The molecule has 16 heavy (non-hydrogen) atoms. The molecule has 2 rings (SSSR count). The first kappa shape index (κ1) is 12.2. The maximum Gasteiger partial charge on any atom is 0.0645 e. The van der Waals surface area contributed by atoms with Crippen LogP contribution in [0.2, 0.25) is 5.02 Å². The van der Waals surface area contributed by atoms with Crippen molar-refractivity contribution in [2.45, 2.75) is 4.83 Å². The Labute approximate surface area is 117 Å². The van der Waals surface area contributed by atoms with E-state index in [4.69, 9.17) is 11.6 Å². The molecule has 0 heterocycles. The molecule has 0 aliphatic carbocycles. The van der Waals surface area contributed by atoms with E-state index < -0.39 is 0 Å². The van der Waals surface area contributed by atoms with Crippen LogP contribution in [0, 0.1) is 0 Å². The van der Waals surface area contributed by atoms with Gasteiger partial charge in [0.05, 0.1) is 9.85 Å². The molecule has 1 atom stereocenters. The normalized spacial score (nSPS) is 12.4. The molecule has 0 fully saturated rings. The zero-order valence-corrected chi connectivity index (χ0v) is 12.3. The second-order valence-electron chi connectivity index (χ2n) is 3.45. The van der Waals surface area contributed by atoms with Crippen LogP contribution >= 0.6 is 43.5 Å². The van der Waals surface area contributed by atoms with Crippen LogP contribution in [0.1, 0.15) is 16.0 Å². The molecular weight excluding hydrogens is 351 g/mol. The lowest BCUT2D eigenvalue weighted by Crippen LogP contribution is -1.92. The highest BCUT2D eigenvalue weighted by Gasteiger charge is 2.10. The van der Waals surface area contributed by atoms with Gasteiger partial charge in [-0.1, -0.05) is 63.9 Å². The summed E-state index contributed by atoms with van der Waals surface area (Å²) in [7, 11) is 0. The van der Waals surface area contributed by atoms with Crippen LogP contribution in [0.15, 0.2) is 53.0 Å². The molecule has 0 aromatic heterocycles. The van der Waals surface area contributed by atoms with Crippen LogP contribution in [0.25, 0.3) is 0 Å². The van der Waals surface area contributed by atoms with E-state index in [9.17, 15) is 0 Å². The predicted octanol–water partition coefficient (Wildman–Crippen LogP) is 5.59. The first-order valence-electron chi connectivity index (χ1n) is 4.82. The fraction of sp³-hybridized carbons (Fsp3) is 0.0769. The van der Waals surface area contributed by atoms with Gasteiger partial charge >= 0.3 is 0 Å². The molecule has 0 N–H and O–H groups in total. The van der Waals surface area contributed by atoms with Gasteiger partial charge in [0.2, 0.25) is 0 Å². The molecular formula is C13H9Br2Cl. The van der Waals surface area contributed by atoms with Gasteiger partial charge in [0.1, 0.15) is 0 Å². The van der Waals surface area contributed by atoms with Crippen LogP contribution in [0.5, 0.6) is 0 Å². The molecule has 0 saturated heterocycles. The minimum atomic E-state index is 0.180. The minimum Gasteiger partial charge on any atom is -0.0831 e. The maximum absolute atomic E-state index is 6.08. The summed E-state index contributed by atoms with van der Waals surface area (Å²) < 4.78 is 0.922.